The molecular weight excluding hydrogens is 356 g/mol. The van der Waals surface area contributed by atoms with Gasteiger partial charge in [0.1, 0.15) is 0 Å². The van der Waals surface area contributed by atoms with Gasteiger partial charge in [0.25, 0.3) is 11.8 Å². The summed E-state index contributed by atoms with van der Waals surface area (Å²) in [6.07, 6.45) is 3.71. The first-order valence-electron chi connectivity index (χ1n) is 9.05. The van der Waals surface area contributed by atoms with E-state index in [1.807, 2.05) is 0 Å². The highest BCUT2D eigenvalue weighted by atomic mass is 32.2. The topological polar surface area (TPSA) is 84.0 Å². The highest BCUT2D eigenvalue weighted by molar-refractivity contribution is 7.89. The van der Waals surface area contributed by atoms with Gasteiger partial charge in [0, 0.05) is 13.1 Å². The summed E-state index contributed by atoms with van der Waals surface area (Å²) in [7, 11) is -3.57. The fourth-order valence-electron chi connectivity index (χ4n) is 4.17. The fraction of sp³-hybridized carbons (Fsp3) is 0.556. The minimum atomic E-state index is -3.57. The number of hydrogen-bond acceptors (Lipinski definition) is 5. The molecule has 140 valence electrons. The number of benzene rings is 1. The standard InChI is InChI=1S/C18H22N2O5S/c21-17-13-5-1-2-6-14(13)18(22)19(17)10-12-26(23,24)20-9-11-25-16-8-4-3-7-15(16)20/h1-2,5-6,15-16H,3-4,7-12H2. The lowest BCUT2D eigenvalue weighted by Gasteiger charge is -2.42. The van der Waals surface area contributed by atoms with Crippen molar-refractivity contribution >= 4 is 21.8 Å². The van der Waals surface area contributed by atoms with E-state index in [1.165, 1.54) is 0 Å². The highest BCUT2D eigenvalue weighted by Crippen LogP contribution is 2.30. The third-order valence-electron chi connectivity index (χ3n) is 5.49. The maximum Gasteiger partial charge on any atom is 0.261 e. The van der Waals surface area contributed by atoms with Gasteiger partial charge in [-0.25, -0.2) is 8.42 Å². The first-order chi connectivity index (χ1) is 12.5. The van der Waals surface area contributed by atoms with Gasteiger partial charge >= 0.3 is 0 Å². The summed E-state index contributed by atoms with van der Waals surface area (Å²) < 4.78 is 33.1. The van der Waals surface area contributed by atoms with Crippen LogP contribution in [-0.2, 0) is 14.8 Å². The Balaban J connectivity index is 1.47. The Morgan fingerprint density at radius 3 is 2.38 bits per heavy atom. The van der Waals surface area contributed by atoms with Crippen LogP contribution < -0.4 is 0 Å². The number of rotatable bonds is 4. The second-order valence-electron chi connectivity index (χ2n) is 7.00. The van der Waals surface area contributed by atoms with Gasteiger partial charge in [0.05, 0.1) is 35.6 Å². The van der Waals surface area contributed by atoms with E-state index >= 15 is 0 Å². The second kappa shape index (κ2) is 6.75. The molecular formula is C18H22N2O5S. The van der Waals surface area contributed by atoms with Crippen LogP contribution in [0, 0.1) is 0 Å². The minimum absolute atomic E-state index is 0.0356. The van der Waals surface area contributed by atoms with Crippen molar-refractivity contribution in [1.82, 2.24) is 9.21 Å². The van der Waals surface area contributed by atoms with Crippen LogP contribution in [0.4, 0.5) is 0 Å². The van der Waals surface area contributed by atoms with Crippen LogP contribution in [0.25, 0.3) is 0 Å². The van der Waals surface area contributed by atoms with Crippen molar-refractivity contribution in [2.24, 2.45) is 0 Å². The third-order valence-corrected chi connectivity index (χ3v) is 7.36. The van der Waals surface area contributed by atoms with Crippen molar-refractivity contribution in [3.63, 3.8) is 0 Å². The summed E-state index contributed by atoms with van der Waals surface area (Å²) in [5.41, 5.74) is 0.683. The molecule has 0 radical (unpaired) electrons. The maximum atomic E-state index is 12.9. The number of nitrogens with zero attached hydrogens (tertiary/aromatic N) is 2. The Bertz CT molecular complexity index is 801. The molecule has 0 spiro atoms. The molecule has 2 aliphatic heterocycles. The van der Waals surface area contributed by atoms with Crippen LogP contribution in [0.15, 0.2) is 24.3 Å². The molecule has 7 nitrogen and oxygen atoms in total. The van der Waals surface area contributed by atoms with Gasteiger partial charge in [-0.2, -0.15) is 4.31 Å². The van der Waals surface area contributed by atoms with Gasteiger partial charge in [-0.3, -0.25) is 14.5 Å². The predicted molar refractivity (Wildman–Crippen MR) is 94.3 cm³/mol. The van der Waals surface area contributed by atoms with Crippen molar-refractivity contribution in [3.8, 4) is 0 Å². The summed E-state index contributed by atoms with van der Waals surface area (Å²) in [6.45, 7) is 0.614. The van der Waals surface area contributed by atoms with Crippen molar-refractivity contribution < 1.29 is 22.7 Å². The zero-order chi connectivity index (χ0) is 18.3. The monoisotopic (exact) mass is 378 g/mol. The second-order valence-corrected chi connectivity index (χ2v) is 9.04. The van der Waals surface area contributed by atoms with E-state index in [0.29, 0.717) is 24.3 Å². The zero-order valence-electron chi connectivity index (χ0n) is 14.5. The average molecular weight is 378 g/mol. The van der Waals surface area contributed by atoms with Crippen LogP contribution in [-0.4, -0.2) is 67.0 Å². The molecule has 2 atom stereocenters. The van der Waals surface area contributed by atoms with E-state index in [9.17, 15) is 18.0 Å². The molecule has 1 aliphatic carbocycles. The Morgan fingerprint density at radius 2 is 1.69 bits per heavy atom. The van der Waals surface area contributed by atoms with Crippen molar-refractivity contribution in [2.75, 3.05) is 25.4 Å². The normalized spacial score (nSPS) is 26.7. The highest BCUT2D eigenvalue weighted by Gasteiger charge is 2.41. The lowest BCUT2D eigenvalue weighted by Crippen LogP contribution is -2.55. The van der Waals surface area contributed by atoms with Crippen LogP contribution in [0.2, 0.25) is 0 Å². The Morgan fingerprint density at radius 1 is 1.04 bits per heavy atom. The first-order valence-corrected chi connectivity index (χ1v) is 10.7. The number of fused-ring (bicyclic) bond motifs is 2. The van der Waals surface area contributed by atoms with Gasteiger partial charge in [-0.05, 0) is 25.0 Å². The van der Waals surface area contributed by atoms with Gasteiger partial charge in [-0.1, -0.05) is 25.0 Å². The number of amides is 2. The summed E-state index contributed by atoms with van der Waals surface area (Å²) in [5.74, 6) is -1.08. The molecule has 0 bridgehead atoms. The number of morpholine rings is 1. The molecule has 1 saturated carbocycles. The SMILES string of the molecule is O=C1c2ccccc2C(=O)N1CCS(=O)(=O)N1CCOC2CCCCC21. The Kier molecular flexibility index (Phi) is 4.58. The molecule has 0 N–H and O–H groups in total. The Hall–Kier alpha value is -1.77. The number of carbonyl (C=O) groups is 2. The number of ether oxygens (including phenoxy) is 1. The number of carbonyl (C=O) groups excluding carboxylic acids is 2. The molecule has 3 aliphatic rings. The average Bonchev–Trinajstić information content (AvgIpc) is 2.90. The molecule has 26 heavy (non-hydrogen) atoms. The van der Waals surface area contributed by atoms with Crippen molar-refractivity contribution in [3.05, 3.63) is 35.4 Å². The van der Waals surface area contributed by atoms with E-state index < -0.39 is 21.8 Å². The molecule has 1 aromatic carbocycles. The molecule has 1 saturated heterocycles. The number of imide groups is 1. The summed E-state index contributed by atoms with van der Waals surface area (Å²) in [6, 6.07) is 6.46. The number of sulfonamides is 1. The van der Waals surface area contributed by atoms with E-state index in [-0.39, 0.29) is 24.4 Å². The maximum absolute atomic E-state index is 12.9. The zero-order valence-corrected chi connectivity index (χ0v) is 15.3. The summed E-state index contributed by atoms with van der Waals surface area (Å²) >= 11 is 0. The van der Waals surface area contributed by atoms with Crippen LogP contribution in [0.1, 0.15) is 46.4 Å². The molecule has 2 fully saturated rings. The molecule has 8 heteroatoms. The Labute approximate surface area is 153 Å². The van der Waals surface area contributed by atoms with Crippen molar-refractivity contribution in [1.29, 1.82) is 0 Å². The molecule has 2 heterocycles. The van der Waals surface area contributed by atoms with Gasteiger partial charge < -0.3 is 4.74 Å². The van der Waals surface area contributed by atoms with Crippen molar-refractivity contribution in [2.45, 2.75) is 37.8 Å². The van der Waals surface area contributed by atoms with E-state index in [2.05, 4.69) is 0 Å². The summed E-state index contributed by atoms with van der Waals surface area (Å²) in [4.78, 5) is 25.9. The van der Waals surface area contributed by atoms with Gasteiger partial charge in [0.2, 0.25) is 10.0 Å². The molecule has 2 amide bonds. The fourth-order valence-corrected chi connectivity index (χ4v) is 5.83. The number of hydrogen-bond donors (Lipinski definition) is 0. The summed E-state index contributed by atoms with van der Waals surface area (Å²) in [5, 5.41) is 0. The first kappa shape index (κ1) is 17.6. The third kappa shape index (κ3) is 2.95. The smallest absolute Gasteiger partial charge is 0.261 e. The van der Waals surface area contributed by atoms with Crippen LogP contribution in [0.3, 0.4) is 0 Å². The molecule has 4 rings (SSSR count). The molecule has 1 aromatic rings. The van der Waals surface area contributed by atoms with E-state index in [1.54, 1.807) is 28.6 Å². The quantitative estimate of drug-likeness (QED) is 0.737. The van der Waals surface area contributed by atoms with E-state index in [4.69, 9.17) is 4.74 Å². The lowest BCUT2D eigenvalue weighted by molar-refractivity contribution is -0.0586. The van der Waals surface area contributed by atoms with Crippen LogP contribution >= 0.6 is 0 Å². The predicted octanol–water partition coefficient (Wildman–Crippen LogP) is 1.26. The van der Waals surface area contributed by atoms with Gasteiger partial charge in [-0.15, -0.1) is 0 Å². The molecule has 0 aromatic heterocycles. The molecule has 2 unspecified atom stereocenters. The minimum Gasteiger partial charge on any atom is -0.375 e. The van der Waals surface area contributed by atoms with Crippen LogP contribution in [0.5, 0.6) is 0 Å². The van der Waals surface area contributed by atoms with Gasteiger partial charge in [0.15, 0.2) is 0 Å². The lowest BCUT2D eigenvalue weighted by atomic mass is 9.91. The largest absolute Gasteiger partial charge is 0.375 e. The van der Waals surface area contributed by atoms with E-state index in [0.717, 1.165) is 30.6 Å².